The van der Waals surface area contributed by atoms with Crippen molar-refractivity contribution in [2.75, 3.05) is 6.54 Å². The van der Waals surface area contributed by atoms with Gasteiger partial charge in [0.2, 0.25) is 0 Å². The number of hydrogen-bond acceptors (Lipinski definition) is 3. The molecule has 3 rings (SSSR count). The molecule has 0 bridgehead atoms. The minimum atomic E-state index is -0.516. The van der Waals surface area contributed by atoms with E-state index in [1.165, 1.54) is 12.0 Å². The molecule has 0 heterocycles. The molecule has 1 saturated carbocycles. The molecule has 104 valence electrons. The SMILES string of the molecule is Oc1cccc2c1CCC2NCC1(O)CCCCC1. The molecule has 19 heavy (non-hydrogen) atoms. The second-order valence-electron chi connectivity index (χ2n) is 6.10. The van der Waals surface area contributed by atoms with Crippen molar-refractivity contribution in [2.24, 2.45) is 0 Å². The maximum Gasteiger partial charge on any atom is 0.119 e. The number of rotatable bonds is 3. The maximum absolute atomic E-state index is 10.5. The lowest BCUT2D eigenvalue weighted by molar-refractivity contribution is 0.00262. The predicted octanol–water partition coefficient (Wildman–Crippen LogP) is 2.66. The van der Waals surface area contributed by atoms with Crippen LogP contribution in [0.3, 0.4) is 0 Å². The molecule has 0 aromatic heterocycles. The van der Waals surface area contributed by atoms with Crippen LogP contribution in [0.2, 0.25) is 0 Å². The quantitative estimate of drug-likeness (QED) is 0.784. The number of nitrogens with one attached hydrogen (secondary N) is 1. The van der Waals surface area contributed by atoms with Gasteiger partial charge in [0.05, 0.1) is 5.60 Å². The Hall–Kier alpha value is -1.06. The van der Waals surface area contributed by atoms with E-state index in [4.69, 9.17) is 0 Å². The zero-order valence-electron chi connectivity index (χ0n) is 11.4. The van der Waals surface area contributed by atoms with E-state index < -0.39 is 5.60 Å². The minimum Gasteiger partial charge on any atom is -0.508 e. The van der Waals surface area contributed by atoms with E-state index in [-0.39, 0.29) is 6.04 Å². The highest BCUT2D eigenvalue weighted by molar-refractivity contribution is 5.44. The van der Waals surface area contributed by atoms with Gasteiger partial charge in [-0.2, -0.15) is 0 Å². The van der Waals surface area contributed by atoms with Gasteiger partial charge in [0.1, 0.15) is 5.75 Å². The van der Waals surface area contributed by atoms with Gasteiger partial charge in [-0.15, -0.1) is 0 Å². The molecule has 1 aromatic carbocycles. The first-order chi connectivity index (χ1) is 9.18. The lowest BCUT2D eigenvalue weighted by Gasteiger charge is -2.33. The van der Waals surface area contributed by atoms with Crippen LogP contribution >= 0.6 is 0 Å². The molecule has 0 amide bonds. The van der Waals surface area contributed by atoms with Crippen LogP contribution in [0.4, 0.5) is 0 Å². The van der Waals surface area contributed by atoms with Gasteiger partial charge >= 0.3 is 0 Å². The molecule has 0 aliphatic heterocycles. The van der Waals surface area contributed by atoms with Crippen molar-refractivity contribution >= 4 is 0 Å². The highest BCUT2D eigenvalue weighted by Gasteiger charge is 2.31. The number of fused-ring (bicyclic) bond motifs is 1. The Labute approximate surface area is 114 Å². The van der Waals surface area contributed by atoms with Crippen molar-refractivity contribution in [1.82, 2.24) is 5.32 Å². The molecular formula is C16H23NO2. The number of aliphatic hydroxyl groups is 1. The number of phenols is 1. The van der Waals surface area contributed by atoms with Crippen molar-refractivity contribution in [3.63, 3.8) is 0 Å². The van der Waals surface area contributed by atoms with Gasteiger partial charge in [0.25, 0.3) is 0 Å². The molecule has 3 N–H and O–H groups in total. The molecule has 3 nitrogen and oxygen atoms in total. The van der Waals surface area contributed by atoms with Crippen molar-refractivity contribution < 1.29 is 10.2 Å². The van der Waals surface area contributed by atoms with Crippen LogP contribution in [-0.2, 0) is 6.42 Å². The number of phenolic OH excluding ortho intramolecular Hbond substituents is 1. The van der Waals surface area contributed by atoms with E-state index in [2.05, 4.69) is 11.4 Å². The highest BCUT2D eigenvalue weighted by atomic mass is 16.3. The van der Waals surface area contributed by atoms with E-state index in [1.807, 2.05) is 6.07 Å². The third kappa shape index (κ3) is 2.63. The molecule has 1 fully saturated rings. The van der Waals surface area contributed by atoms with Crippen LogP contribution < -0.4 is 5.32 Å². The molecule has 2 aliphatic rings. The fourth-order valence-corrected chi connectivity index (χ4v) is 3.55. The number of aromatic hydroxyl groups is 1. The van der Waals surface area contributed by atoms with Gasteiger partial charge in [0.15, 0.2) is 0 Å². The summed E-state index contributed by atoms with van der Waals surface area (Å²) in [5.74, 6) is 0.415. The Morgan fingerprint density at radius 3 is 2.79 bits per heavy atom. The lowest BCUT2D eigenvalue weighted by atomic mass is 9.84. The summed E-state index contributed by atoms with van der Waals surface area (Å²) < 4.78 is 0. The summed E-state index contributed by atoms with van der Waals surface area (Å²) >= 11 is 0. The van der Waals surface area contributed by atoms with Crippen LogP contribution in [0.1, 0.15) is 55.7 Å². The summed E-state index contributed by atoms with van der Waals surface area (Å²) in [6, 6.07) is 6.04. The van der Waals surface area contributed by atoms with Crippen LogP contribution in [-0.4, -0.2) is 22.4 Å². The summed E-state index contributed by atoms with van der Waals surface area (Å²) in [6.07, 6.45) is 7.31. The average molecular weight is 261 g/mol. The maximum atomic E-state index is 10.5. The molecule has 0 spiro atoms. The monoisotopic (exact) mass is 261 g/mol. The van der Waals surface area contributed by atoms with Crippen LogP contribution in [0, 0.1) is 0 Å². The first kappa shape index (κ1) is 12.9. The fourth-order valence-electron chi connectivity index (χ4n) is 3.55. The summed E-state index contributed by atoms with van der Waals surface area (Å²) in [5, 5.41) is 23.9. The van der Waals surface area contributed by atoms with Gasteiger partial charge in [-0.05, 0) is 42.9 Å². The molecule has 0 saturated heterocycles. The van der Waals surface area contributed by atoms with E-state index in [0.29, 0.717) is 12.3 Å². The van der Waals surface area contributed by atoms with Gasteiger partial charge < -0.3 is 15.5 Å². The Morgan fingerprint density at radius 2 is 2.00 bits per heavy atom. The zero-order chi connectivity index (χ0) is 13.3. The van der Waals surface area contributed by atoms with E-state index >= 15 is 0 Å². The topological polar surface area (TPSA) is 52.5 Å². The predicted molar refractivity (Wildman–Crippen MR) is 75.2 cm³/mol. The Balaban J connectivity index is 1.65. The molecule has 1 unspecified atom stereocenters. The molecule has 3 heteroatoms. The second-order valence-corrected chi connectivity index (χ2v) is 6.10. The number of benzene rings is 1. The van der Waals surface area contributed by atoms with Crippen molar-refractivity contribution in [2.45, 2.75) is 56.6 Å². The third-order valence-corrected chi connectivity index (χ3v) is 4.71. The smallest absolute Gasteiger partial charge is 0.119 e. The first-order valence-electron chi connectivity index (χ1n) is 7.44. The van der Waals surface area contributed by atoms with E-state index in [9.17, 15) is 10.2 Å². The van der Waals surface area contributed by atoms with Gasteiger partial charge in [0, 0.05) is 12.6 Å². The Bertz CT molecular complexity index is 452. The molecule has 1 aromatic rings. The fraction of sp³-hybridized carbons (Fsp3) is 0.625. The van der Waals surface area contributed by atoms with E-state index in [0.717, 1.165) is 44.1 Å². The highest BCUT2D eigenvalue weighted by Crippen LogP contribution is 2.37. The van der Waals surface area contributed by atoms with Crippen LogP contribution in [0.25, 0.3) is 0 Å². The summed E-state index contributed by atoms with van der Waals surface area (Å²) in [5.41, 5.74) is 1.77. The summed E-state index contributed by atoms with van der Waals surface area (Å²) in [7, 11) is 0. The van der Waals surface area contributed by atoms with Crippen LogP contribution in [0.15, 0.2) is 18.2 Å². The average Bonchev–Trinajstić information content (AvgIpc) is 2.82. The van der Waals surface area contributed by atoms with E-state index in [1.54, 1.807) is 6.07 Å². The largest absolute Gasteiger partial charge is 0.508 e. The summed E-state index contributed by atoms with van der Waals surface area (Å²) in [4.78, 5) is 0. The molecular weight excluding hydrogens is 238 g/mol. The zero-order valence-corrected chi connectivity index (χ0v) is 11.4. The van der Waals surface area contributed by atoms with Gasteiger partial charge in [-0.1, -0.05) is 31.4 Å². The third-order valence-electron chi connectivity index (χ3n) is 4.71. The molecule has 0 radical (unpaired) electrons. The second kappa shape index (κ2) is 5.14. The first-order valence-corrected chi connectivity index (χ1v) is 7.44. The van der Waals surface area contributed by atoms with Gasteiger partial charge in [-0.25, -0.2) is 0 Å². The normalized spacial score (nSPS) is 25.2. The molecule has 2 aliphatic carbocycles. The Kier molecular flexibility index (Phi) is 3.50. The standard InChI is InChI=1S/C16H23NO2/c18-15-6-4-5-12-13(15)7-8-14(12)17-11-16(19)9-2-1-3-10-16/h4-6,14,17-19H,1-3,7-11H2. The summed E-state index contributed by atoms with van der Waals surface area (Å²) in [6.45, 7) is 0.673. The van der Waals surface area contributed by atoms with Crippen molar-refractivity contribution in [1.29, 1.82) is 0 Å². The number of hydrogen-bond donors (Lipinski definition) is 3. The lowest BCUT2D eigenvalue weighted by Crippen LogP contribution is -2.43. The van der Waals surface area contributed by atoms with Gasteiger partial charge in [-0.3, -0.25) is 0 Å². The van der Waals surface area contributed by atoms with Crippen LogP contribution in [0.5, 0.6) is 5.75 Å². The molecule has 1 atom stereocenters. The minimum absolute atomic E-state index is 0.285. The Morgan fingerprint density at radius 1 is 1.21 bits per heavy atom. The van der Waals surface area contributed by atoms with Crippen molar-refractivity contribution in [3.8, 4) is 5.75 Å². The van der Waals surface area contributed by atoms with Crippen molar-refractivity contribution in [3.05, 3.63) is 29.3 Å².